The Kier molecular flexibility index (Phi) is 6.26. The van der Waals surface area contributed by atoms with Gasteiger partial charge in [0, 0.05) is 61.6 Å². The van der Waals surface area contributed by atoms with Crippen LogP contribution in [-0.2, 0) is 11.3 Å². The van der Waals surface area contributed by atoms with Crippen LogP contribution in [0.25, 0.3) is 4.96 Å². The second-order valence-corrected chi connectivity index (χ2v) is 8.63. The Labute approximate surface area is 184 Å². The fourth-order valence-corrected chi connectivity index (χ4v) is 4.45. The molecule has 0 saturated carbocycles. The maximum Gasteiger partial charge on any atom is 0.258 e. The number of benzene rings is 1. The van der Waals surface area contributed by atoms with Crippen molar-refractivity contribution in [3.8, 4) is 0 Å². The summed E-state index contributed by atoms with van der Waals surface area (Å²) in [7, 11) is 0. The SMILES string of the molecule is CC(=O)c1ccc(NC(=O)C(C)N2CCN(Cc3cc(=O)n4ccsc4n3)CC2)cc1. The number of piperazine rings is 1. The maximum atomic E-state index is 12.7. The number of Topliss-reactive ketones (excluding diaryl/α,β-unsaturated/α-hetero) is 1. The van der Waals surface area contributed by atoms with Gasteiger partial charge >= 0.3 is 0 Å². The molecule has 1 saturated heterocycles. The average Bonchev–Trinajstić information content (AvgIpc) is 3.23. The van der Waals surface area contributed by atoms with Crippen molar-refractivity contribution in [2.75, 3.05) is 31.5 Å². The van der Waals surface area contributed by atoms with Gasteiger partial charge < -0.3 is 5.32 Å². The Bertz CT molecular complexity index is 1150. The Morgan fingerprint density at radius 3 is 2.55 bits per heavy atom. The predicted octanol–water partition coefficient (Wildman–Crippen LogP) is 2.10. The van der Waals surface area contributed by atoms with E-state index >= 15 is 0 Å². The highest BCUT2D eigenvalue weighted by atomic mass is 32.1. The molecule has 2 aromatic heterocycles. The van der Waals surface area contributed by atoms with Crippen LogP contribution in [0.4, 0.5) is 5.69 Å². The van der Waals surface area contributed by atoms with E-state index in [4.69, 9.17) is 0 Å². The van der Waals surface area contributed by atoms with Gasteiger partial charge in [0.15, 0.2) is 10.7 Å². The van der Waals surface area contributed by atoms with E-state index in [2.05, 4.69) is 20.1 Å². The van der Waals surface area contributed by atoms with Gasteiger partial charge in [-0.3, -0.25) is 28.6 Å². The lowest BCUT2D eigenvalue weighted by atomic mass is 10.1. The van der Waals surface area contributed by atoms with Crippen molar-refractivity contribution in [3.63, 3.8) is 0 Å². The van der Waals surface area contributed by atoms with Gasteiger partial charge in [0.2, 0.25) is 5.91 Å². The van der Waals surface area contributed by atoms with E-state index in [9.17, 15) is 14.4 Å². The number of nitrogens with one attached hydrogen (secondary N) is 1. The molecule has 0 aliphatic carbocycles. The molecule has 8 nitrogen and oxygen atoms in total. The molecule has 162 valence electrons. The molecule has 1 unspecified atom stereocenters. The van der Waals surface area contributed by atoms with Crippen LogP contribution in [0.2, 0.25) is 0 Å². The van der Waals surface area contributed by atoms with Gasteiger partial charge in [0.25, 0.3) is 5.56 Å². The van der Waals surface area contributed by atoms with E-state index in [1.54, 1.807) is 40.9 Å². The number of thiazole rings is 1. The summed E-state index contributed by atoms with van der Waals surface area (Å²) in [5, 5.41) is 4.78. The summed E-state index contributed by atoms with van der Waals surface area (Å²) in [6.45, 7) is 7.18. The summed E-state index contributed by atoms with van der Waals surface area (Å²) in [5.41, 5.74) is 2.03. The van der Waals surface area contributed by atoms with Crippen molar-refractivity contribution >= 4 is 33.7 Å². The van der Waals surface area contributed by atoms with Gasteiger partial charge in [-0.2, -0.15) is 0 Å². The number of carbonyl (C=O) groups is 2. The molecular formula is C22H25N5O3S. The highest BCUT2D eigenvalue weighted by Crippen LogP contribution is 2.14. The first kappa shape index (κ1) is 21.4. The Morgan fingerprint density at radius 2 is 1.87 bits per heavy atom. The first-order valence-electron chi connectivity index (χ1n) is 10.2. The molecule has 1 atom stereocenters. The lowest BCUT2D eigenvalue weighted by Crippen LogP contribution is -2.52. The number of fused-ring (bicyclic) bond motifs is 1. The quantitative estimate of drug-likeness (QED) is 0.592. The minimum atomic E-state index is -0.264. The zero-order valence-electron chi connectivity index (χ0n) is 17.6. The molecule has 9 heteroatoms. The van der Waals surface area contributed by atoms with E-state index in [0.717, 1.165) is 31.9 Å². The van der Waals surface area contributed by atoms with Crippen molar-refractivity contribution in [2.24, 2.45) is 0 Å². The molecule has 0 spiro atoms. The van der Waals surface area contributed by atoms with Crippen LogP contribution in [0, 0.1) is 0 Å². The van der Waals surface area contributed by atoms with Gasteiger partial charge in [-0.25, -0.2) is 4.98 Å². The molecule has 4 rings (SSSR count). The fraction of sp³-hybridized carbons (Fsp3) is 0.364. The van der Waals surface area contributed by atoms with E-state index in [1.807, 2.05) is 12.3 Å². The van der Waals surface area contributed by atoms with Crippen molar-refractivity contribution in [1.29, 1.82) is 0 Å². The molecule has 3 aromatic rings. The molecule has 1 amide bonds. The summed E-state index contributed by atoms with van der Waals surface area (Å²) in [4.78, 5) is 45.9. The third-order valence-electron chi connectivity index (χ3n) is 5.63. The highest BCUT2D eigenvalue weighted by Gasteiger charge is 2.26. The van der Waals surface area contributed by atoms with Gasteiger partial charge in [-0.05, 0) is 38.1 Å². The fourth-order valence-electron chi connectivity index (χ4n) is 3.71. The first-order valence-corrected chi connectivity index (χ1v) is 11.1. The van der Waals surface area contributed by atoms with E-state index in [1.165, 1.54) is 18.3 Å². The number of amides is 1. The molecule has 1 aliphatic heterocycles. The van der Waals surface area contributed by atoms with Crippen LogP contribution < -0.4 is 10.9 Å². The minimum Gasteiger partial charge on any atom is -0.325 e. The molecule has 0 bridgehead atoms. The number of hydrogen-bond acceptors (Lipinski definition) is 7. The zero-order chi connectivity index (χ0) is 22.0. The molecular weight excluding hydrogens is 414 g/mol. The first-order chi connectivity index (χ1) is 14.9. The number of ketones is 1. The van der Waals surface area contributed by atoms with Crippen molar-refractivity contribution in [3.05, 3.63) is 63.5 Å². The Balaban J connectivity index is 1.30. The maximum absolute atomic E-state index is 12.7. The summed E-state index contributed by atoms with van der Waals surface area (Å²) in [6, 6.07) is 8.27. The van der Waals surface area contributed by atoms with Crippen molar-refractivity contribution in [1.82, 2.24) is 19.2 Å². The summed E-state index contributed by atoms with van der Waals surface area (Å²) in [5.74, 6) is -0.0679. The molecule has 1 N–H and O–H groups in total. The largest absolute Gasteiger partial charge is 0.325 e. The van der Waals surface area contributed by atoms with Gasteiger partial charge in [-0.1, -0.05) is 0 Å². The van der Waals surface area contributed by atoms with Crippen LogP contribution in [-0.4, -0.2) is 63.1 Å². The number of carbonyl (C=O) groups excluding carboxylic acids is 2. The normalized spacial score (nSPS) is 16.3. The highest BCUT2D eigenvalue weighted by molar-refractivity contribution is 7.15. The van der Waals surface area contributed by atoms with Gasteiger partial charge in [0.1, 0.15) is 0 Å². The molecule has 1 fully saturated rings. The van der Waals surface area contributed by atoms with E-state index in [-0.39, 0.29) is 23.3 Å². The van der Waals surface area contributed by atoms with Crippen LogP contribution in [0.3, 0.4) is 0 Å². The smallest absolute Gasteiger partial charge is 0.258 e. The molecule has 31 heavy (non-hydrogen) atoms. The zero-order valence-corrected chi connectivity index (χ0v) is 18.4. The van der Waals surface area contributed by atoms with E-state index < -0.39 is 0 Å². The number of aromatic nitrogens is 2. The summed E-state index contributed by atoms with van der Waals surface area (Å²) in [6.07, 6.45) is 1.74. The number of hydrogen-bond donors (Lipinski definition) is 1. The second-order valence-electron chi connectivity index (χ2n) is 7.75. The minimum absolute atomic E-state index is 0.000134. The number of anilines is 1. The van der Waals surface area contributed by atoms with Gasteiger partial charge in [0.05, 0.1) is 11.7 Å². The van der Waals surface area contributed by atoms with E-state index in [0.29, 0.717) is 22.8 Å². The average molecular weight is 440 g/mol. The lowest BCUT2D eigenvalue weighted by Gasteiger charge is -2.37. The number of nitrogens with zero attached hydrogens (tertiary/aromatic N) is 4. The van der Waals surface area contributed by atoms with Crippen LogP contribution >= 0.6 is 11.3 Å². The Hall–Kier alpha value is -2.88. The standard InChI is InChI=1S/C22H25N5O3S/c1-15(21(30)23-18-5-3-17(4-6-18)16(2)28)26-9-7-25(8-10-26)14-19-13-20(29)27-11-12-31-22(27)24-19/h3-6,11-13,15H,7-10,14H2,1-2H3,(H,23,30). The van der Waals surface area contributed by atoms with Crippen molar-refractivity contribution in [2.45, 2.75) is 26.4 Å². The van der Waals surface area contributed by atoms with Crippen LogP contribution in [0.1, 0.15) is 29.9 Å². The predicted molar refractivity (Wildman–Crippen MR) is 121 cm³/mol. The third kappa shape index (κ3) is 4.90. The molecule has 3 heterocycles. The Morgan fingerprint density at radius 1 is 1.16 bits per heavy atom. The van der Waals surface area contributed by atoms with Crippen LogP contribution in [0.15, 0.2) is 46.7 Å². The topological polar surface area (TPSA) is 87.0 Å². The summed E-state index contributed by atoms with van der Waals surface area (Å²) >= 11 is 1.45. The second kappa shape index (κ2) is 9.09. The summed E-state index contributed by atoms with van der Waals surface area (Å²) < 4.78 is 1.56. The third-order valence-corrected chi connectivity index (χ3v) is 6.39. The molecule has 1 aliphatic rings. The lowest BCUT2D eigenvalue weighted by molar-refractivity contribution is -0.121. The molecule has 0 radical (unpaired) electrons. The van der Waals surface area contributed by atoms with Crippen molar-refractivity contribution < 1.29 is 9.59 Å². The van der Waals surface area contributed by atoms with Crippen LogP contribution in [0.5, 0.6) is 0 Å². The molecule has 1 aromatic carbocycles. The number of rotatable bonds is 6. The van der Waals surface area contributed by atoms with Gasteiger partial charge in [-0.15, -0.1) is 11.3 Å². The monoisotopic (exact) mass is 439 g/mol.